The highest BCUT2D eigenvalue weighted by Crippen LogP contribution is 2.33. The summed E-state index contributed by atoms with van der Waals surface area (Å²) < 4.78 is 97.9. The Balaban J connectivity index is 1.64. The SMILES string of the molecule is CC(Oc1ccc(S(=O)(=O)C(C)C)cc1C(=O)N1Cc2cn(-c3ccc(F)c(F)c3)nc2C1)C(F)(F)F. The van der Waals surface area contributed by atoms with Gasteiger partial charge in [-0.2, -0.15) is 18.3 Å². The fourth-order valence-corrected chi connectivity index (χ4v) is 4.80. The van der Waals surface area contributed by atoms with E-state index in [9.17, 15) is 35.2 Å². The Bertz CT molecular complexity index is 1440. The van der Waals surface area contributed by atoms with Crippen LogP contribution in [-0.2, 0) is 22.9 Å². The maximum Gasteiger partial charge on any atom is 0.425 e. The second kappa shape index (κ2) is 9.43. The molecule has 13 heteroatoms. The van der Waals surface area contributed by atoms with Gasteiger partial charge in [0.2, 0.25) is 0 Å². The zero-order valence-electron chi connectivity index (χ0n) is 19.9. The zero-order chi connectivity index (χ0) is 27.3. The molecule has 7 nitrogen and oxygen atoms in total. The molecule has 1 aliphatic rings. The van der Waals surface area contributed by atoms with Gasteiger partial charge in [-0.3, -0.25) is 4.79 Å². The quantitative estimate of drug-likeness (QED) is 0.417. The highest BCUT2D eigenvalue weighted by molar-refractivity contribution is 7.92. The maximum atomic E-state index is 13.6. The number of benzene rings is 2. The fraction of sp³-hybridized carbons (Fsp3) is 0.333. The Morgan fingerprint density at radius 1 is 1.03 bits per heavy atom. The molecule has 0 saturated carbocycles. The van der Waals surface area contributed by atoms with E-state index in [4.69, 9.17) is 4.74 Å². The minimum absolute atomic E-state index is 0.00721. The van der Waals surface area contributed by atoms with E-state index in [1.807, 2.05) is 0 Å². The summed E-state index contributed by atoms with van der Waals surface area (Å²) in [5.41, 5.74) is 0.941. The van der Waals surface area contributed by atoms with Crippen molar-refractivity contribution >= 4 is 15.7 Å². The highest BCUT2D eigenvalue weighted by atomic mass is 32.2. The summed E-state index contributed by atoms with van der Waals surface area (Å²) in [5.74, 6) is -3.22. The lowest BCUT2D eigenvalue weighted by Gasteiger charge is -2.22. The maximum absolute atomic E-state index is 13.6. The molecular formula is C24H22F5N3O4S. The number of halogens is 5. The molecule has 0 saturated heterocycles. The van der Waals surface area contributed by atoms with Gasteiger partial charge < -0.3 is 9.64 Å². The van der Waals surface area contributed by atoms with Crippen molar-refractivity contribution in [3.05, 3.63) is 71.1 Å². The average Bonchev–Trinajstić information content (AvgIpc) is 3.39. The number of sulfone groups is 1. The minimum Gasteiger partial charge on any atom is -0.480 e. The van der Waals surface area contributed by atoms with Crippen LogP contribution in [0.15, 0.2) is 47.5 Å². The average molecular weight is 544 g/mol. The summed E-state index contributed by atoms with van der Waals surface area (Å²) in [6.45, 7) is 3.63. The lowest BCUT2D eigenvalue weighted by molar-refractivity contribution is -0.189. The fourth-order valence-electron chi connectivity index (χ4n) is 3.71. The Morgan fingerprint density at radius 2 is 1.73 bits per heavy atom. The smallest absolute Gasteiger partial charge is 0.425 e. The van der Waals surface area contributed by atoms with Crippen molar-refractivity contribution in [1.29, 1.82) is 0 Å². The molecular weight excluding hydrogens is 521 g/mol. The van der Waals surface area contributed by atoms with Crippen LogP contribution in [0.2, 0.25) is 0 Å². The lowest BCUT2D eigenvalue weighted by Crippen LogP contribution is -2.33. The van der Waals surface area contributed by atoms with E-state index in [0.29, 0.717) is 11.3 Å². The van der Waals surface area contributed by atoms with Gasteiger partial charge in [-0.15, -0.1) is 0 Å². The highest BCUT2D eigenvalue weighted by Gasteiger charge is 2.39. The van der Waals surface area contributed by atoms with Crippen LogP contribution in [0.3, 0.4) is 0 Å². The topological polar surface area (TPSA) is 81.5 Å². The van der Waals surface area contributed by atoms with Gasteiger partial charge in [-0.25, -0.2) is 21.9 Å². The molecule has 1 atom stereocenters. The number of alkyl halides is 3. The second-order valence-electron chi connectivity index (χ2n) is 8.86. The van der Waals surface area contributed by atoms with Crippen molar-refractivity contribution in [1.82, 2.24) is 14.7 Å². The van der Waals surface area contributed by atoms with Crippen molar-refractivity contribution in [2.45, 2.75) is 56.3 Å². The molecule has 198 valence electrons. The normalized spacial score (nSPS) is 14.7. The van der Waals surface area contributed by atoms with Crippen LogP contribution in [-0.4, -0.2) is 46.5 Å². The van der Waals surface area contributed by atoms with E-state index in [1.165, 1.54) is 35.7 Å². The third-order valence-corrected chi connectivity index (χ3v) is 8.08. The first-order valence-electron chi connectivity index (χ1n) is 11.1. The predicted octanol–water partition coefficient (Wildman–Crippen LogP) is 4.82. The van der Waals surface area contributed by atoms with Gasteiger partial charge in [-0.05, 0) is 51.1 Å². The first-order chi connectivity index (χ1) is 17.2. The minimum atomic E-state index is -4.71. The Morgan fingerprint density at radius 3 is 2.32 bits per heavy atom. The largest absolute Gasteiger partial charge is 0.480 e. The lowest BCUT2D eigenvalue weighted by atomic mass is 10.1. The molecule has 0 bridgehead atoms. The van der Waals surface area contributed by atoms with Crippen molar-refractivity contribution < 1.29 is 39.9 Å². The van der Waals surface area contributed by atoms with Crippen LogP contribution in [0.1, 0.15) is 42.4 Å². The molecule has 4 rings (SSSR count). The van der Waals surface area contributed by atoms with Crippen molar-refractivity contribution in [2.75, 3.05) is 0 Å². The first kappa shape index (κ1) is 26.6. The van der Waals surface area contributed by atoms with E-state index in [1.54, 1.807) is 0 Å². The van der Waals surface area contributed by atoms with E-state index in [2.05, 4.69) is 5.10 Å². The summed E-state index contributed by atoms with van der Waals surface area (Å²) in [6.07, 6.45) is -5.43. The molecule has 0 fully saturated rings. The number of fused-ring (bicyclic) bond motifs is 1. The molecule has 0 radical (unpaired) electrons. The standard InChI is InChI=1S/C24H22F5N3O4S/c1-13(2)37(34,35)17-5-7-22(36-14(3)24(27,28)29)18(9-17)23(33)31-10-15-11-32(30-21(15)12-31)16-4-6-19(25)20(26)8-16/h4-9,11,13-14H,10,12H2,1-3H3. The number of carbonyl (C=O) groups excluding carboxylic acids is 1. The van der Waals surface area contributed by atoms with Crippen molar-refractivity contribution in [3.63, 3.8) is 0 Å². The van der Waals surface area contributed by atoms with Gasteiger partial charge in [0.1, 0.15) is 5.75 Å². The zero-order valence-corrected chi connectivity index (χ0v) is 20.7. The summed E-state index contributed by atoms with van der Waals surface area (Å²) in [5, 5.41) is 3.47. The van der Waals surface area contributed by atoms with E-state index in [0.717, 1.165) is 37.3 Å². The number of amides is 1. The van der Waals surface area contributed by atoms with E-state index >= 15 is 0 Å². The van der Waals surface area contributed by atoms with Gasteiger partial charge in [0.25, 0.3) is 5.91 Å². The number of hydrogen-bond donors (Lipinski definition) is 0. The predicted molar refractivity (Wildman–Crippen MR) is 122 cm³/mol. The first-order valence-corrected chi connectivity index (χ1v) is 12.7. The van der Waals surface area contributed by atoms with E-state index in [-0.39, 0.29) is 29.2 Å². The monoisotopic (exact) mass is 543 g/mol. The van der Waals surface area contributed by atoms with Crippen LogP contribution >= 0.6 is 0 Å². The molecule has 0 aliphatic carbocycles. The molecule has 3 aromatic rings. The van der Waals surface area contributed by atoms with Crippen LogP contribution in [0.4, 0.5) is 22.0 Å². The van der Waals surface area contributed by atoms with Crippen LogP contribution in [0.25, 0.3) is 5.69 Å². The Labute approximate surface area is 209 Å². The number of ether oxygens (including phenoxy) is 1. The van der Waals surface area contributed by atoms with Crippen LogP contribution < -0.4 is 4.74 Å². The molecule has 2 aromatic carbocycles. The van der Waals surface area contributed by atoms with Crippen molar-refractivity contribution in [3.8, 4) is 11.4 Å². The Kier molecular flexibility index (Phi) is 6.78. The number of hydrogen-bond acceptors (Lipinski definition) is 5. The van der Waals surface area contributed by atoms with Crippen molar-refractivity contribution in [2.24, 2.45) is 0 Å². The van der Waals surface area contributed by atoms with Gasteiger partial charge in [0.05, 0.1) is 33.6 Å². The summed E-state index contributed by atoms with van der Waals surface area (Å²) in [6, 6.07) is 6.42. The van der Waals surface area contributed by atoms with Gasteiger partial charge in [0.15, 0.2) is 27.6 Å². The van der Waals surface area contributed by atoms with Crippen LogP contribution in [0, 0.1) is 11.6 Å². The number of aromatic nitrogens is 2. The Hall–Kier alpha value is -3.48. The van der Waals surface area contributed by atoms with Crippen LogP contribution in [0.5, 0.6) is 5.75 Å². The third-order valence-electron chi connectivity index (χ3n) is 5.93. The molecule has 0 N–H and O–H groups in total. The molecule has 1 aliphatic heterocycles. The van der Waals surface area contributed by atoms with E-state index < -0.39 is 50.7 Å². The summed E-state index contributed by atoms with van der Waals surface area (Å²) >= 11 is 0. The third kappa shape index (κ3) is 5.17. The molecule has 2 heterocycles. The molecule has 1 amide bonds. The number of carbonyl (C=O) groups is 1. The van der Waals surface area contributed by atoms with Gasteiger partial charge in [0, 0.05) is 24.4 Å². The molecule has 0 spiro atoms. The molecule has 1 aromatic heterocycles. The summed E-state index contributed by atoms with van der Waals surface area (Å²) in [4.78, 5) is 14.4. The number of rotatable bonds is 6. The second-order valence-corrected chi connectivity index (χ2v) is 11.4. The van der Waals surface area contributed by atoms with Gasteiger partial charge >= 0.3 is 6.18 Å². The van der Waals surface area contributed by atoms with Gasteiger partial charge in [-0.1, -0.05) is 0 Å². The molecule has 1 unspecified atom stereocenters. The molecule has 37 heavy (non-hydrogen) atoms. The summed E-state index contributed by atoms with van der Waals surface area (Å²) in [7, 11) is -3.84. The number of nitrogens with zero attached hydrogens (tertiary/aromatic N) is 3.